The largest absolute Gasteiger partial charge is 0.748 e. The molecule has 1 rings (SSSR count). The van der Waals surface area contributed by atoms with Gasteiger partial charge in [-0.3, -0.25) is 0 Å². The SMILES string of the molecule is C=CCS(=O)(=O)[O-].CCn1cc[n+](C)c1. The summed E-state index contributed by atoms with van der Waals surface area (Å²) in [5, 5.41) is 0. The molecule has 0 saturated heterocycles. The minimum Gasteiger partial charge on any atom is -0.748 e. The Bertz CT molecular complexity index is 395. The maximum absolute atomic E-state index is 9.60. The lowest BCUT2D eigenvalue weighted by molar-refractivity contribution is -0.671. The van der Waals surface area contributed by atoms with Crippen LogP contribution < -0.4 is 4.57 Å². The second-order valence-electron chi connectivity index (χ2n) is 2.92. The molecule has 0 aromatic carbocycles. The number of nitrogens with zero attached hydrogens (tertiary/aromatic N) is 2. The van der Waals surface area contributed by atoms with E-state index in [0.29, 0.717) is 0 Å². The predicted octanol–water partition coefficient (Wildman–Crippen LogP) is 0.0501. The van der Waals surface area contributed by atoms with Crippen molar-refractivity contribution >= 4 is 10.1 Å². The van der Waals surface area contributed by atoms with Crippen LogP contribution in [0.5, 0.6) is 0 Å². The van der Waals surface area contributed by atoms with E-state index in [2.05, 4.69) is 30.6 Å². The van der Waals surface area contributed by atoms with E-state index in [-0.39, 0.29) is 0 Å². The highest BCUT2D eigenvalue weighted by molar-refractivity contribution is 7.85. The van der Waals surface area contributed by atoms with Crippen LogP contribution in [0.3, 0.4) is 0 Å². The molecule has 0 fully saturated rings. The fourth-order valence-corrected chi connectivity index (χ4v) is 1.12. The monoisotopic (exact) mass is 232 g/mol. The normalized spacial score (nSPS) is 10.3. The molecule has 0 aliphatic heterocycles. The summed E-state index contributed by atoms with van der Waals surface area (Å²) < 4.78 is 33.0. The Morgan fingerprint density at radius 1 is 1.60 bits per heavy atom. The van der Waals surface area contributed by atoms with Gasteiger partial charge in [-0.1, -0.05) is 6.08 Å². The molecule has 1 aromatic rings. The van der Waals surface area contributed by atoms with E-state index < -0.39 is 15.9 Å². The van der Waals surface area contributed by atoms with Gasteiger partial charge < -0.3 is 4.55 Å². The summed E-state index contributed by atoms with van der Waals surface area (Å²) in [6.45, 7) is 6.25. The smallest absolute Gasteiger partial charge is 0.243 e. The summed E-state index contributed by atoms with van der Waals surface area (Å²) in [6, 6.07) is 0. The summed E-state index contributed by atoms with van der Waals surface area (Å²) in [4.78, 5) is 0. The van der Waals surface area contributed by atoms with E-state index in [1.807, 2.05) is 17.8 Å². The Morgan fingerprint density at radius 3 is 2.33 bits per heavy atom. The van der Waals surface area contributed by atoms with E-state index in [1.54, 1.807) is 0 Å². The van der Waals surface area contributed by atoms with Crippen molar-refractivity contribution in [3.63, 3.8) is 0 Å². The molecule has 0 radical (unpaired) electrons. The lowest BCUT2D eigenvalue weighted by Gasteiger charge is -1.98. The minimum absolute atomic E-state index is 0.479. The zero-order chi connectivity index (χ0) is 11.9. The summed E-state index contributed by atoms with van der Waals surface area (Å²) >= 11 is 0. The van der Waals surface area contributed by atoms with Crippen molar-refractivity contribution in [3.05, 3.63) is 31.4 Å². The average Bonchev–Trinajstić information content (AvgIpc) is 2.50. The Hall–Kier alpha value is -1.14. The van der Waals surface area contributed by atoms with Crippen molar-refractivity contribution in [2.75, 3.05) is 5.75 Å². The zero-order valence-electron chi connectivity index (χ0n) is 8.96. The molecule has 0 bridgehead atoms. The van der Waals surface area contributed by atoms with Gasteiger partial charge >= 0.3 is 0 Å². The second kappa shape index (κ2) is 6.36. The highest BCUT2D eigenvalue weighted by Crippen LogP contribution is 1.79. The first-order valence-electron chi connectivity index (χ1n) is 4.44. The number of rotatable bonds is 3. The fourth-order valence-electron chi connectivity index (χ4n) is 0.833. The van der Waals surface area contributed by atoms with Crippen molar-refractivity contribution in [2.45, 2.75) is 13.5 Å². The van der Waals surface area contributed by atoms with E-state index in [9.17, 15) is 13.0 Å². The van der Waals surface area contributed by atoms with Crippen molar-refractivity contribution in [3.8, 4) is 0 Å². The molecule has 0 unspecified atom stereocenters. The standard InChI is InChI=1S/C6H11N2.C3H6O3S/c1-3-8-5-4-7(2)6-8;1-2-3-7(4,5)6/h4-6H,3H2,1-2H3;2H,1,3H2,(H,4,5,6)/q+1;/p-1. The molecular formula is C9H16N2O3S. The van der Waals surface area contributed by atoms with Gasteiger partial charge in [0.05, 0.1) is 29.5 Å². The van der Waals surface area contributed by atoms with Gasteiger partial charge in [0.25, 0.3) is 0 Å². The molecule has 0 N–H and O–H groups in total. The van der Waals surface area contributed by atoms with Crippen LogP contribution in [0.2, 0.25) is 0 Å². The summed E-state index contributed by atoms with van der Waals surface area (Å²) in [5.41, 5.74) is 0. The third-order valence-electron chi connectivity index (χ3n) is 1.51. The van der Waals surface area contributed by atoms with Gasteiger partial charge in [-0.05, 0) is 6.92 Å². The number of aryl methyl sites for hydroxylation is 2. The van der Waals surface area contributed by atoms with E-state index >= 15 is 0 Å². The minimum atomic E-state index is -4.04. The Morgan fingerprint density at radius 2 is 2.20 bits per heavy atom. The van der Waals surface area contributed by atoms with Gasteiger partial charge in [0.1, 0.15) is 12.4 Å². The maximum Gasteiger partial charge on any atom is 0.243 e. The van der Waals surface area contributed by atoms with Gasteiger partial charge in [-0.2, -0.15) is 0 Å². The van der Waals surface area contributed by atoms with Crippen LogP contribution in [0, 0.1) is 0 Å². The lowest BCUT2D eigenvalue weighted by atomic mass is 10.7. The van der Waals surface area contributed by atoms with E-state index in [4.69, 9.17) is 0 Å². The predicted molar refractivity (Wildman–Crippen MR) is 56.0 cm³/mol. The molecule has 86 valence electrons. The highest BCUT2D eigenvalue weighted by Gasteiger charge is 1.92. The van der Waals surface area contributed by atoms with Crippen molar-refractivity contribution in [1.82, 2.24) is 4.57 Å². The molecule has 6 heteroatoms. The maximum atomic E-state index is 9.60. The van der Waals surface area contributed by atoms with Gasteiger partial charge in [0.15, 0.2) is 0 Å². The summed E-state index contributed by atoms with van der Waals surface area (Å²) in [7, 11) is -2.02. The fraction of sp³-hybridized carbons (Fsp3) is 0.444. The molecular weight excluding hydrogens is 216 g/mol. The van der Waals surface area contributed by atoms with Gasteiger partial charge in [-0.15, -0.1) is 6.58 Å². The van der Waals surface area contributed by atoms with Crippen LogP contribution in [0.1, 0.15) is 6.92 Å². The number of hydrogen-bond donors (Lipinski definition) is 0. The highest BCUT2D eigenvalue weighted by atomic mass is 32.2. The van der Waals surface area contributed by atoms with Crippen molar-refractivity contribution in [1.29, 1.82) is 0 Å². The first kappa shape index (κ1) is 13.9. The van der Waals surface area contributed by atoms with Gasteiger partial charge in [-0.25, -0.2) is 17.6 Å². The Balaban J connectivity index is 0.000000265. The molecule has 5 nitrogen and oxygen atoms in total. The topological polar surface area (TPSA) is 66.0 Å². The van der Waals surface area contributed by atoms with Crippen LogP contribution in [0.4, 0.5) is 0 Å². The second-order valence-corrected chi connectivity index (χ2v) is 4.37. The van der Waals surface area contributed by atoms with Crippen LogP contribution in [0.25, 0.3) is 0 Å². The number of hydrogen-bond acceptors (Lipinski definition) is 3. The number of imidazole rings is 1. The van der Waals surface area contributed by atoms with Gasteiger partial charge in [0, 0.05) is 0 Å². The van der Waals surface area contributed by atoms with Crippen molar-refractivity contribution in [2.24, 2.45) is 7.05 Å². The lowest BCUT2D eigenvalue weighted by Crippen LogP contribution is -2.23. The number of aromatic nitrogens is 2. The summed E-state index contributed by atoms with van der Waals surface area (Å²) in [6.07, 6.45) is 7.20. The van der Waals surface area contributed by atoms with Gasteiger partial charge in [0.2, 0.25) is 6.33 Å². The molecule has 0 spiro atoms. The van der Waals surface area contributed by atoms with Crippen LogP contribution in [-0.4, -0.2) is 23.3 Å². The molecule has 1 aromatic heterocycles. The Labute approximate surface area is 90.4 Å². The molecule has 15 heavy (non-hydrogen) atoms. The molecule has 1 heterocycles. The molecule has 0 atom stereocenters. The molecule has 0 saturated carbocycles. The van der Waals surface area contributed by atoms with Crippen molar-refractivity contribution < 1.29 is 17.5 Å². The van der Waals surface area contributed by atoms with E-state index in [0.717, 1.165) is 12.6 Å². The van der Waals surface area contributed by atoms with E-state index in [1.165, 1.54) is 0 Å². The molecule has 0 aliphatic carbocycles. The first-order chi connectivity index (χ1) is 6.89. The average molecular weight is 232 g/mol. The molecule has 0 amide bonds. The summed E-state index contributed by atoms with van der Waals surface area (Å²) in [5.74, 6) is -0.479. The zero-order valence-corrected chi connectivity index (χ0v) is 9.77. The quantitative estimate of drug-likeness (QED) is 0.420. The first-order valence-corrected chi connectivity index (χ1v) is 6.02. The van der Waals surface area contributed by atoms with Crippen LogP contribution >= 0.6 is 0 Å². The van der Waals surface area contributed by atoms with Crippen LogP contribution in [-0.2, 0) is 23.7 Å². The molecule has 0 aliphatic rings. The third-order valence-corrected chi connectivity index (χ3v) is 2.15. The Kier molecular flexibility index (Phi) is 5.88. The third kappa shape index (κ3) is 7.90. The van der Waals surface area contributed by atoms with Crippen LogP contribution in [0.15, 0.2) is 31.4 Å².